The standard InChI is InChI=1S/C11H7ClN4/c12-10-6-9(8-2-1-3-13-7-8)11-14-4-5-16(11)15-10/h1-7H. The zero-order valence-electron chi connectivity index (χ0n) is 8.21. The Morgan fingerprint density at radius 2 is 2.19 bits per heavy atom. The van der Waals surface area contributed by atoms with Crippen LogP contribution in [0.5, 0.6) is 0 Å². The molecular weight excluding hydrogens is 224 g/mol. The summed E-state index contributed by atoms with van der Waals surface area (Å²) in [5.74, 6) is 0. The molecule has 0 saturated heterocycles. The van der Waals surface area contributed by atoms with Gasteiger partial charge in [-0.1, -0.05) is 17.7 Å². The molecule has 3 rings (SSSR count). The van der Waals surface area contributed by atoms with Gasteiger partial charge >= 0.3 is 0 Å². The molecule has 3 heterocycles. The van der Waals surface area contributed by atoms with Crippen molar-refractivity contribution >= 4 is 17.2 Å². The van der Waals surface area contributed by atoms with Gasteiger partial charge in [-0.05, 0) is 12.1 Å². The molecule has 78 valence electrons. The van der Waals surface area contributed by atoms with Gasteiger partial charge in [-0.2, -0.15) is 5.10 Å². The summed E-state index contributed by atoms with van der Waals surface area (Å²) in [6.07, 6.45) is 6.97. The maximum Gasteiger partial charge on any atom is 0.161 e. The van der Waals surface area contributed by atoms with Crippen molar-refractivity contribution in [3.05, 3.63) is 48.1 Å². The highest BCUT2D eigenvalue weighted by Gasteiger charge is 2.07. The number of halogens is 1. The monoisotopic (exact) mass is 230 g/mol. The third-order valence-corrected chi connectivity index (χ3v) is 2.49. The number of hydrogen-bond donors (Lipinski definition) is 0. The maximum atomic E-state index is 5.95. The summed E-state index contributed by atoms with van der Waals surface area (Å²) in [6.45, 7) is 0. The van der Waals surface area contributed by atoms with E-state index >= 15 is 0 Å². The van der Waals surface area contributed by atoms with Crippen LogP contribution in [0.3, 0.4) is 0 Å². The van der Waals surface area contributed by atoms with E-state index in [0.29, 0.717) is 5.15 Å². The Kier molecular flexibility index (Phi) is 2.08. The van der Waals surface area contributed by atoms with Crippen LogP contribution in [0.1, 0.15) is 0 Å². The first kappa shape index (κ1) is 9.30. The van der Waals surface area contributed by atoms with Gasteiger partial charge in [0.2, 0.25) is 0 Å². The summed E-state index contributed by atoms with van der Waals surface area (Å²) >= 11 is 5.95. The Morgan fingerprint density at radius 1 is 1.25 bits per heavy atom. The molecule has 0 radical (unpaired) electrons. The molecule has 0 unspecified atom stereocenters. The Bertz CT molecular complexity index is 633. The molecule has 3 aromatic rings. The molecule has 0 amide bonds. The molecule has 5 heteroatoms. The Morgan fingerprint density at radius 3 is 3.00 bits per heavy atom. The molecule has 0 saturated carbocycles. The zero-order chi connectivity index (χ0) is 11.0. The first-order valence-corrected chi connectivity index (χ1v) is 5.13. The number of hydrogen-bond acceptors (Lipinski definition) is 3. The number of rotatable bonds is 1. The van der Waals surface area contributed by atoms with E-state index in [1.165, 1.54) is 0 Å². The molecule has 0 spiro atoms. The third-order valence-electron chi connectivity index (χ3n) is 2.30. The van der Waals surface area contributed by atoms with Crippen molar-refractivity contribution in [3.8, 4) is 11.1 Å². The summed E-state index contributed by atoms with van der Waals surface area (Å²) < 4.78 is 1.66. The molecule has 0 bridgehead atoms. The van der Waals surface area contributed by atoms with Crippen molar-refractivity contribution in [1.82, 2.24) is 19.6 Å². The lowest BCUT2D eigenvalue weighted by molar-refractivity contribution is 0.938. The topological polar surface area (TPSA) is 43.1 Å². The highest BCUT2D eigenvalue weighted by Crippen LogP contribution is 2.24. The molecule has 3 aromatic heterocycles. The van der Waals surface area contributed by atoms with Crippen LogP contribution in [0.25, 0.3) is 16.8 Å². The molecule has 0 aliphatic heterocycles. The molecule has 0 fully saturated rings. The average molecular weight is 231 g/mol. The first-order chi connectivity index (χ1) is 7.84. The second kappa shape index (κ2) is 3.57. The second-order valence-corrected chi connectivity index (χ2v) is 3.71. The fourth-order valence-electron chi connectivity index (χ4n) is 1.62. The summed E-state index contributed by atoms with van der Waals surface area (Å²) in [5.41, 5.74) is 2.68. The van der Waals surface area contributed by atoms with Crippen LogP contribution in [0.15, 0.2) is 43.0 Å². The molecule has 0 aliphatic rings. The lowest BCUT2D eigenvalue weighted by Crippen LogP contribution is -1.93. The van der Waals surface area contributed by atoms with Gasteiger partial charge in [-0.15, -0.1) is 0 Å². The second-order valence-electron chi connectivity index (χ2n) is 3.32. The van der Waals surface area contributed by atoms with Crippen LogP contribution in [0.2, 0.25) is 5.15 Å². The lowest BCUT2D eigenvalue weighted by Gasteiger charge is -2.03. The molecule has 0 aliphatic carbocycles. The smallest absolute Gasteiger partial charge is 0.161 e. The number of aromatic nitrogens is 4. The van der Waals surface area contributed by atoms with Crippen LogP contribution in [0, 0.1) is 0 Å². The van der Waals surface area contributed by atoms with Crippen LogP contribution in [-0.4, -0.2) is 19.6 Å². The lowest BCUT2D eigenvalue weighted by atomic mass is 10.1. The van der Waals surface area contributed by atoms with Gasteiger partial charge in [-0.3, -0.25) is 4.98 Å². The largest absolute Gasteiger partial charge is 0.264 e. The molecule has 0 N–H and O–H groups in total. The van der Waals surface area contributed by atoms with Crippen molar-refractivity contribution in [3.63, 3.8) is 0 Å². The average Bonchev–Trinajstić information content (AvgIpc) is 2.77. The van der Waals surface area contributed by atoms with Gasteiger partial charge < -0.3 is 0 Å². The maximum absolute atomic E-state index is 5.95. The number of fused-ring (bicyclic) bond motifs is 1. The highest BCUT2D eigenvalue weighted by molar-refractivity contribution is 6.29. The number of imidazole rings is 1. The fourth-order valence-corrected chi connectivity index (χ4v) is 1.81. The van der Waals surface area contributed by atoms with E-state index in [1.54, 1.807) is 35.4 Å². The summed E-state index contributed by atoms with van der Waals surface area (Å²) in [6, 6.07) is 5.64. The van der Waals surface area contributed by atoms with Gasteiger partial charge in [0.1, 0.15) is 0 Å². The van der Waals surface area contributed by atoms with E-state index in [4.69, 9.17) is 11.6 Å². The van der Waals surface area contributed by atoms with Crippen LogP contribution >= 0.6 is 11.6 Å². The molecule has 0 aromatic carbocycles. The van der Waals surface area contributed by atoms with Crippen molar-refractivity contribution < 1.29 is 0 Å². The molecule has 0 atom stereocenters. The van der Waals surface area contributed by atoms with Gasteiger partial charge in [0.15, 0.2) is 10.8 Å². The Labute approximate surface area is 96.5 Å². The van der Waals surface area contributed by atoms with E-state index in [-0.39, 0.29) is 0 Å². The SMILES string of the molecule is Clc1cc(-c2cccnc2)c2nccn2n1. The Balaban J connectivity index is 2.34. The highest BCUT2D eigenvalue weighted by atomic mass is 35.5. The third kappa shape index (κ3) is 1.44. The predicted molar refractivity (Wildman–Crippen MR) is 61.2 cm³/mol. The Hall–Kier alpha value is -1.94. The van der Waals surface area contributed by atoms with Crippen molar-refractivity contribution in [2.45, 2.75) is 0 Å². The number of pyridine rings is 1. The van der Waals surface area contributed by atoms with E-state index in [0.717, 1.165) is 16.8 Å². The van der Waals surface area contributed by atoms with Gasteiger partial charge in [0.25, 0.3) is 0 Å². The van der Waals surface area contributed by atoms with E-state index < -0.39 is 0 Å². The van der Waals surface area contributed by atoms with E-state index in [1.807, 2.05) is 12.1 Å². The predicted octanol–water partition coefficient (Wildman–Crippen LogP) is 2.44. The van der Waals surface area contributed by atoms with Crippen LogP contribution in [0.4, 0.5) is 0 Å². The molecule has 4 nitrogen and oxygen atoms in total. The van der Waals surface area contributed by atoms with Crippen molar-refractivity contribution in [2.75, 3.05) is 0 Å². The van der Waals surface area contributed by atoms with Crippen molar-refractivity contribution in [2.24, 2.45) is 0 Å². The summed E-state index contributed by atoms with van der Waals surface area (Å²) in [7, 11) is 0. The summed E-state index contributed by atoms with van der Waals surface area (Å²) in [5, 5.41) is 4.56. The van der Waals surface area contributed by atoms with E-state index in [2.05, 4.69) is 15.1 Å². The zero-order valence-corrected chi connectivity index (χ0v) is 8.96. The first-order valence-electron chi connectivity index (χ1n) is 4.75. The van der Waals surface area contributed by atoms with Crippen LogP contribution in [-0.2, 0) is 0 Å². The number of nitrogens with zero attached hydrogens (tertiary/aromatic N) is 4. The van der Waals surface area contributed by atoms with Gasteiger partial charge in [-0.25, -0.2) is 9.50 Å². The molecule has 16 heavy (non-hydrogen) atoms. The molecular formula is C11H7ClN4. The normalized spacial score (nSPS) is 10.8. The minimum absolute atomic E-state index is 0.435. The summed E-state index contributed by atoms with van der Waals surface area (Å²) in [4.78, 5) is 8.33. The van der Waals surface area contributed by atoms with Gasteiger partial charge in [0.05, 0.1) is 0 Å². The van der Waals surface area contributed by atoms with Crippen molar-refractivity contribution in [1.29, 1.82) is 0 Å². The van der Waals surface area contributed by atoms with E-state index in [9.17, 15) is 0 Å². The fraction of sp³-hybridized carbons (Fsp3) is 0. The minimum atomic E-state index is 0.435. The minimum Gasteiger partial charge on any atom is -0.264 e. The van der Waals surface area contributed by atoms with Gasteiger partial charge in [0, 0.05) is 35.9 Å². The van der Waals surface area contributed by atoms with Crippen LogP contribution < -0.4 is 0 Å². The quantitative estimate of drug-likeness (QED) is 0.645.